The monoisotopic (exact) mass is 327 g/mol. The van der Waals surface area contributed by atoms with Crippen LogP contribution in [0.3, 0.4) is 0 Å². The third-order valence-electron chi connectivity index (χ3n) is 3.87. The zero-order valence-electron chi connectivity index (χ0n) is 13.8. The third kappa shape index (κ3) is 3.08. The van der Waals surface area contributed by atoms with Gasteiger partial charge in [0.2, 0.25) is 0 Å². The molecule has 0 fully saturated rings. The van der Waals surface area contributed by atoms with Crippen molar-refractivity contribution in [1.82, 2.24) is 9.72 Å². The normalized spacial score (nSPS) is 10.8. The van der Waals surface area contributed by atoms with Gasteiger partial charge in [0, 0.05) is 28.7 Å². The lowest BCUT2D eigenvalue weighted by Crippen LogP contribution is -2.15. The summed E-state index contributed by atoms with van der Waals surface area (Å²) in [5.74, 6) is 0.884. The highest BCUT2D eigenvalue weighted by Crippen LogP contribution is 2.21. The highest BCUT2D eigenvalue weighted by Gasteiger charge is 2.17. The van der Waals surface area contributed by atoms with Crippen LogP contribution in [-0.2, 0) is 0 Å². The highest BCUT2D eigenvalue weighted by molar-refractivity contribution is 6.00. The molecule has 3 rings (SSSR count). The number of nitrogens with one attached hydrogen (secondary N) is 1. The molecule has 6 heteroatoms. The quantitative estimate of drug-likeness (QED) is 0.724. The van der Waals surface area contributed by atoms with E-state index in [1.54, 1.807) is 25.1 Å². The van der Waals surface area contributed by atoms with Crippen molar-refractivity contribution in [3.8, 4) is 5.69 Å². The fourth-order valence-corrected chi connectivity index (χ4v) is 2.75. The molecule has 0 saturated carbocycles. The molecule has 0 saturated heterocycles. The summed E-state index contributed by atoms with van der Waals surface area (Å²) in [6, 6.07) is 9.78. The Morgan fingerprint density at radius 2 is 1.92 bits per heavy atom. The molecule has 24 heavy (non-hydrogen) atoms. The van der Waals surface area contributed by atoms with Crippen molar-refractivity contribution in [3.63, 3.8) is 0 Å². The van der Waals surface area contributed by atoms with E-state index in [-0.39, 0.29) is 18.1 Å². The van der Waals surface area contributed by atoms with Gasteiger partial charge in [-0.1, -0.05) is 5.16 Å². The van der Waals surface area contributed by atoms with E-state index in [0.717, 1.165) is 17.1 Å². The molecule has 0 spiro atoms. The Bertz CT molecular complexity index is 878. The Hall–Kier alpha value is -2.89. The Kier molecular flexibility index (Phi) is 4.20. The molecule has 0 amide bonds. The molecular weight excluding hydrogens is 309 g/mol. The summed E-state index contributed by atoms with van der Waals surface area (Å²) < 4.78 is 20.0. The lowest BCUT2D eigenvalue weighted by molar-refractivity contribution is 0.101. The van der Waals surface area contributed by atoms with Crippen molar-refractivity contribution < 1.29 is 13.7 Å². The maximum absolute atomic E-state index is 13.1. The second-order valence-corrected chi connectivity index (χ2v) is 5.70. The van der Waals surface area contributed by atoms with Gasteiger partial charge in [-0.2, -0.15) is 0 Å². The first-order valence-corrected chi connectivity index (χ1v) is 7.61. The molecule has 1 N–H and O–H groups in total. The number of nitrogens with zero attached hydrogens (tertiary/aromatic N) is 2. The first-order valence-electron chi connectivity index (χ1n) is 7.61. The maximum atomic E-state index is 13.1. The Morgan fingerprint density at radius 3 is 2.54 bits per heavy atom. The number of carbonyl (C=O) groups excluding carboxylic acids is 1. The summed E-state index contributed by atoms with van der Waals surface area (Å²) in [5.41, 5.74) is 3.19. The van der Waals surface area contributed by atoms with Crippen molar-refractivity contribution >= 4 is 11.6 Å². The van der Waals surface area contributed by atoms with Gasteiger partial charge in [0.1, 0.15) is 11.6 Å². The number of ketones is 1. The Morgan fingerprint density at radius 1 is 1.21 bits per heavy atom. The minimum absolute atomic E-state index is 0.0443. The minimum atomic E-state index is -0.287. The number of benzene rings is 1. The van der Waals surface area contributed by atoms with Gasteiger partial charge >= 0.3 is 0 Å². The summed E-state index contributed by atoms with van der Waals surface area (Å²) >= 11 is 0. The zero-order chi connectivity index (χ0) is 17.3. The van der Waals surface area contributed by atoms with E-state index in [0.29, 0.717) is 17.1 Å². The molecule has 0 aliphatic carbocycles. The van der Waals surface area contributed by atoms with Crippen LogP contribution in [-0.4, -0.2) is 22.1 Å². The lowest BCUT2D eigenvalue weighted by Gasteiger charge is -2.10. The number of rotatable bonds is 5. The van der Waals surface area contributed by atoms with Crippen molar-refractivity contribution in [2.75, 3.05) is 11.9 Å². The number of Topliss-reactive ketones (excluding diaryl/α,β-unsaturated/α-hetero) is 1. The zero-order valence-corrected chi connectivity index (χ0v) is 13.8. The van der Waals surface area contributed by atoms with Crippen LogP contribution in [0.25, 0.3) is 5.69 Å². The van der Waals surface area contributed by atoms with Crippen LogP contribution < -0.4 is 5.32 Å². The molecule has 0 unspecified atom stereocenters. The third-order valence-corrected chi connectivity index (χ3v) is 3.87. The number of hydrogen-bond acceptors (Lipinski definition) is 4. The minimum Gasteiger partial charge on any atom is -0.360 e. The molecule has 0 radical (unpaired) electrons. The molecule has 124 valence electrons. The molecule has 0 atom stereocenters. The van der Waals surface area contributed by atoms with E-state index in [1.165, 1.54) is 12.1 Å². The number of aromatic nitrogens is 2. The number of aryl methyl sites for hydroxylation is 2. The Labute approximate surface area is 139 Å². The summed E-state index contributed by atoms with van der Waals surface area (Å²) in [6.07, 6.45) is 0. The van der Waals surface area contributed by atoms with Crippen molar-refractivity contribution in [3.05, 3.63) is 64.9 Å². The van der Waals surface area contributed by atoms with E-state index < -0.39 is 0 Å². The van der Waals surface area contributed by atoms with Crippen LogP contribution in [0.2, 0.25) is 0 Å². The SMILES string of the molecule is Cc1cc(NCC(=O)c2cc(C)n(-c3ccc(F)cc3)c2C)no1. The fraction of sp³-hybridized carbons (Fsp3) is 0.222. The molecule has 0 bridgehead atoms. The molecule has 0 aliphatic heterocycles. The van der Waals surface area contributed by atoms with Crippen molar-refractivity contribution in [1.29, 1.82) is 0 Å². The summed E-state index contributed by atoms with van der Waals surface area (Å²) in [6.45, 7) is 5.71. The Balaban J connectivity index is 1.82. The van der Waals surface area contributed by atoms with Crippen LogP contribution in [0.4, 0.5) is 10.2 Å². The molecule has 1 aromatic carbocycles. The van der Waals surface area contributed by atoms with Gasteiger partial charge in [0.05, 0.1) is 6.54 Å². The average molecular weight is 327 g/mol. The summed E-state index contributed by atoms with van der Waals surface area (Å²) in [4.78, 5) is 12.5. The van der Waals surface area contributed by atoms with E-state index in [1.807, 2.05) is 24.5 Å². The van der Waals surface area contributed by atoms with E-state index in [2.05, 4.69) is 10.5 Å². The van der Waals surface area contributed by atoms with Crippen LogP contribution in [0.15, 0.2) is 40.9 Å². The van der Waals surface area contributed by atoms with Gasteiger partial charge in [0.15, 0.2) is 11.6 Å². The van der Waals surface area contributed by atoms with Gasteiger partial charge in [-0.25, -0.2) is 4.39 Å². The fourth-order valence-electron chi connectivity index (χ4n) is 2.75. The first-order chi connectivity index (χ1) is 11.5. The molecule has 2 heterocycles. The summed E-state index contributed by atoms with van der Waals surface area (Å²) in [7, 11) is 0. The van der Waals surface area contributed by atoms with E-state index >= 15 is 0 Å². The molecule has 3 aromatic rings. The van der Waals surface area contributed by atoms with Crippen LogP contribution in [0, 0.1) is 26.6 Å². The first kappa shape index (κ1) is 16.0. The number of halogens is 1. The van der Waals surface area contributed by atoms with Crippen molar-refractivity contribution in [2.24, 2.45) is 0 Å². The summed E-state index contributed by atoms with van der Waals surface area (Å²) in [5, 5.41) is 6.76. The maximum Gasteiger partial charge on any atom is 0.183 e. The molecule has 5 nitrogen and oxygen atoms in total. The van der Waals surface area contributed by atoms with Gasteiger partial charge in [-0.15, -0.1) is 0 Å². The second-order valence-electron chi connectivity index (χ2n) is 5.70. The van der Waals surface area contributed by atoms with Crippen molar-refractivity contribution in [2.45, 2.75) is 20.8 Å². The molecular formula is C18H18FN3O2. The average Bonchev–Trinajstić information content (AvgIpc) is 3.09. The lowest BCUT2D eigenvalue weighted by atomic mass is 10.1. The highest BCUT2D eigenvalue weighted by atomic mass is 19.1. The standard InChI is InChI=1S/C18H18FN3O2/c1-11-8-16(17(23)10-20-18-9-12(2)24-21-18)13(3)22(11)15-6-4-14(19)5-7-15/h4-9H,10H2,1-3H3,(H,20,21). The van der Waals surface area contributed by atoms with Crippen LogP contribution in [0.1, 0.15) is 27.5 Å². The van der Waals surface area contributed by atoms with Crippen LogP contribution in [0.5, 0.6) is 0 Å². The van der Waals surface area contributed by atoms with E-state index in [9.17, 15) is 9.18 Å². The van der Waals surface area contributed by atoms with Gasteiger partial charge < -0.3 is 14.4 Å². The number of carbonyl (C=O) groups is 1. The van der Waals surface area contributed by atoms with Gasteiger partial charge in [-0.05, 0) is 51.1 Å². The smallest absolute Gasteiger partial charge is 0.183 e. The molecule has 0 aliphatic rings. The van der Waals surface area contributed by atoms with Crippen LogP contribution >= 0.6 is 0 Å². The van der Waals surface area contributed by atoms with Gasteiger partial charge in [0.25, 0.3) is 0 Å². The van der Waals surface area contributed by atoms with Gasteiger partial charge in [-0.3, -0.25) is 4.79 Å². The number of hydrogen-bond donors (Lipinski definition) is 1. The number of anilines is 1. The second kappa shape index (κ2) is 6.31. The largest absolute Gasteiger partial charge is 0.360 e. The predicted octanol–water partition coefficient (Wildman–Crippen LogP) is 3.82. The molecule has 2 aromatic heterocycles. The topological polar surface area (TPSA) is 60.1 Å². The van der Waals surface area contributed by atoms with E-state index in [4.69, 9.17) is 4.52 Å². The predicted molar refractivity (Wildman–Crippen MR) is 89.3 cm³/mol.